The number of nitrogens with one attached hydrogen (secondary N) is 4. The summed E-state index contributed by atoms with van der Waals surface area (Å²) in [4.78, 5) is 47.6. The normalized spacial score (nSPS) is 20.4. The molecule has 6 fully saturated rings. The van der Waals surface area contributed by atoms with E-state index in [1.807, 2.05) is 42.5 Å². The topological polar surface area (TPSA) is 234 Å². The molecule has 1 saturated carbocycles. The number of nitriles is 1. The second-order valence-electron chi connectivity index (χ2n) is 25.8. The van der Waals surface area contributed by atoms with Crippen molar-refractivity contribution in [3.8, 4) is 17.5 Å². The van der Waals surface area contributed by atoms with Gasteiger partial charge in [-0.25, -0.2) is 29.6 Å². The van der Waals surface area contributed by atoms with Gasteiger partial charge in [0.15, 0.2) is 0 Å². The largest absolute Gasteiger partial charge is 0.353 e. The van der Waals surface area contributed by atoms with Crippen molar-refractivity contribution in [2.45, 2.75) is 147 Å². The number of H-pyrrole nitrogens is 1. The lowest BCUT2D eigenvalue weighted by Crippen LogP contribution is -2.58. The molecule has 12 rings (SSSR count). The first-order valence-electron chi connectivity index (χ1n) is 34.8. The second-order valence-corrected chi connectivity index (χ2v) is 29.5. The van der Waals surface area contributed by atoms with Crippen LogP contribution in [0.3, 0.4) is 0 Å². The van der Waals surface area contributed by atoms with Crippen molar-refractivity contribution in [3.63, 3.8) is 0 Å². The van der Waals surface area contributed by atoms with Gasteiger partial charge in [0.25, 0.3) is 0 Å². The number of aromatic amines is 1. The standard InChI is InChI=1S/C25H33Cl2N9O2S.C25H32Cl2N6O2S.C18H29ClN4O2S/c1-3-20-16-35(25-23(27)13-19(14-28-25)31-39-38-37-2)10-11-36(20)21-6-8-34(9-7-21)15-17-4-5-18(26)12-22(17)24-29-32-33-30-24;1-3-22-17-32(25-24(27)13-21(15-29-25)30-36-35-34-2)10-11-33(22)23-6-8-31(9-7-23)16-18-4-5-20(26)12-19(18)14-28;1-3-15-13-22(9-10-23(15)16-7-5-4-6-8-16)18-17(19)11-14(12-20-18)21-26-25-24-2/h4-5,12-14,20-21,31H,3,6-11,15-16H2,1-2H3,(H,29,30,32,33);4-5,12-13,15,22-23,30H,3,6-11,16-17H2,1-2H3;11-12,15-16,21H,3-10,13H2,1-2H3/t20-;22-;15-/m000/s1. The molecule has 5 aliphatic heterocycles. The van der Waals surface area contributed by atoms with Gasteiger partial charge in [0, 0.05) is 124 Å². The number of likely N-dealkylation sites (tertiary alicyclic amines) is 2. The number of piperidine rings is 2. The van der Waals surface area contributed by atoms with Gasteiger partial charge in [-0.1, -0.05) is 110 Å². The summed E-state index contributed by atoms with van der Waals surface area (Å²) in [6, 6.07) is 22.8. The van der Waals surface area contributed by atoms with E-state index in [-0.39, 0.29) is 0 Å². The summed E-state index contributed by atoms with van der Waals surface area (Å²) < 4.78 is 23.3. The molecule has 5 saturated heterocycles. The smallest absolute Gasteiger partial charge is 0.205 e. The highest BCUT2D eigenvalue weighted by Crippen LogP contribution is 2.37. The third kappa shape index (κ3) is 22.2. The molecule has 25 nitrogen and oxygen atoms in total. The van der Waals surface area contributed by atoms with Crippen LogP contribution in [-0.2, 0) is 40.8 Å². The number of rotatable bonds is 26. The fraction of sp³-hybridized carbons (Fsp3) is 0.574. The van der Waals surface area contributed by atoms with Gasteiger partial charge in [0.1, 0.15) is 54.1 Å². The van der Waals surface area contributed by atoms with Crippen LogP contribution >= 0.6 is 94.7 Å². The molecule has 9 heterocycles. The molecule has 6 aliphatic rings. The van der Waals surface area contributed by atoms with E-state index in [1.165, 1.54) is 53.4 Å². The van der Waals surface area contributed by atoms with Gasteiger partial charge in [0.05, 0.1) is 83.7 Å². The van der Waals surface area contributed by atoms with Gasteiger partial charge >= 0.3 is 0 Å². The first-order chi connectivity index (χ1) is 49.3. The Morgan fingerprint density at radius 1 is 0.505 bits per heavy atom. The molecule has 0 amide bonds. The molecular weight excluding hydrogens is 1450 g/mol. The molecule has 1 aliphatic carbocycles. The lowest BCUT2D eigenvalue weighted by molar-refractivity contribution is -0.159. The molecule has 0 bridgehead atoms. The van der Waals surface area contributed by atoms with Gasteiger partial charge in [-0.15, -0.1) is 23.2 Å². The monoisotopic (exact) mass is 1540 g/mol. The fourth-order valence-electron chi connectivity index (χ4n) is 14.8. The van der Waals surface area contributed by atoms with Crippen molar-refractivity contribution in [3.05, 3.63) is 115 Å². The van der Waals surface area contributed by atoms with Crippen molar-refractivity contribution in [2.75, 3.05) is 135 Å². The molecule has 3 atom stereocenters. The molecule has 0 unspecified atom stereocenters. The molecule has 550 valence electrons. The summed E-state index contributed by atoms with van der Waals surface area (Å²) in [6.07, 6.45) is 20.1. The lowest BCUT2D eigenvalue weighted by atomic mass is 9.92. The molecule has 0 spiro atoms. The van der Waals surface area contributed by atoms with E-state index in [0.29, 0.717) is 66.7 Å². The van der Waals surface area contributed by atoms with Crippen LogP contribution in [0.15, 0.2) is 73.2 Å². The van der Waals surface area contributed by atoms with E-state index in [4.69, 9.17) is 71.0 Å². The predicted molar refractivity (Wildman–Crippen MR) is 409 cm³/mol. The number of anilines is 6. The van der Waals surface area contributed by atoms with Crippen LogP contribution in [-0.4, -0.2) is 203 Å². The summed E-state index contributed by atoms with van der Waals surface area (Å²) in [6.45, 7) is 21.3. The molecular formula is C68H94Cl5N19O6S3. The fourth-order valence-corrected chi connectivity index (χ4v) is 17.0. The van der Waals surface area contributed by atoms with Crippen LogP contribution in [0.1, 0.15) is 115 Å². The van der Waals surface area contributed by atoms with Crippen LogP contribution in [0.5, 0.6) is 0 Å². The molecule has 2 aromatic carbocycles. The van der Waals surface area contributed by atoms with Crippen LogP contribution in [0, 0.1) is 11.3 Å². The number of piperazine rings is 3. The minimum Gasteiger partial charge on any atom is -0.353 e. The maximum Gasteiger partial charge on any atom is 0.205 e. The SMILES string of the molecule is CC[C@H]1CN(c2ncc(NSOOC)cc2Cl)CCN1C1CCCCC1.CC[C@H]1CN(c2ncc(NSOOC)cc2Cl)CCN1C1CCN(Cc2ccc(Cl)cc2-c2nn[nH]n2)CC1.CC[C@H]1CN(c2ncc(NSOOC)cc2Cl)CCN1C1CCN(Cc2ccc(Cl)cc2C#N)CC1. The van der Waals surface area contributed by atoms with Crippen molar-refractivity contribution in [2.24, 2.45) is 0 Å². The van der Waals surface area contributed by atoms with E-state index in [1.54, 1.807) is 24.7 Å². The summed E-state index contributed by atoms with van der Waals surface area (Å²) in [5.74, 6) is 3.10. The maximum atomic E-state index is 9.45. The maximum absolute atomic E-state index is 9.45. The number of halogens is 5. The molecule has 4 N–H and O–H groups in total. The summed E-state index contributed by atoms with van der Waals surface area (Å²) in [7, 11) is 4.36. The highest BCUT2D eigenvalue weighted by molar-refractivity contribution is 7.96. The first-order valence-corrected chi connectivity index (χ1v) is 38.9. The zero-order valence-corrected chi connectivity index (χ0v) is 64.5. The average molecular weight is 1550 g/mol. The van der Waals surface area contributed by atoms with E-state index in [0.717, 1.165) is 237 Å². The number of aromatic nitrogens is 7. The van der Waals surface area contributed by atoms with Gasteiger partial charge in [0.2, 0.25) is 5.82 Å². The Kier molecular flexibility index (Phi) is 31.8. The first kappa shape index (κ1) is 78.9. The Bertz CT molecular complexity index is 3550. The van der Waals surface area contributed by atoms with Crippen molar-refractivity contribution < 1.29 is 27.7 Å². The quantitative estimate of drug-likeness (QED) is 0.0130. The Morgan fingerprint density at radius 2 is 0.901 bits per heavy atom. The number of benzene rings is 2. The van der Waals surface area contributed by atoms with E-state index in [9.17, 15) is 5.26 Å². The number of pyridine rings is 3. The zero-order valence-electron chi connectivity index (χ0n) is 58.3. The summed E-state index contributed by atoms with van der Waals surface area (Å²) >= 11 is 35.0. The molecule has 0 radical (unpaired) electrons. The van der Waals surface area contributed by atoms with Crippen LogP contribution in [0.25, 0.3) is 11.4 Å². The van der Waals surface area contributed by atoms with Crippen molar-refractivity contribution in [1.82, 2.24) is 60.1 Å². The van der Waals surface area contributed by atoms with Crippen LogP contribution < -0.4 is 28.9 Å². The van der Waals surface area contributed by atoms with Gasteiger partial charge < -0.3 is 28.9 Å². The summed E-state index contributed by atoms with van der Waals surface area (Å²) in [5.41, 5.74) is 6.11. The highest BCUT2D eigenvalue weighted by Gasteiger charge is 2.37. The van der Waals surface area contributed by atoms with Gasteiger partial charge in [-0.05, 0) is 143 Å². The molecule has 33 heteroatoms. The highest BCUT2D eigenvalue weighted by atomic mass is 35.5. The minimum absolute atomic E-state index is 0.456. The third-order valence-corrected chi connectivity index (χ3v) is 22.8. The van der Waals surface area contributed by atoms with Gasteiger partial charge in [-0.3, -0.25) is 24.5 Å². The van der Waals surface area contributed by atoms with Crippen LogP contribution in [0.4, 0.5) is 34.5 Å². The van der Waals surface area contributed by atoms with E-state index in [2.05, 4.69) is 137 Å². The number of nitrogens with zero attached hydrogens (tertiary/aromatic N) is 15. The Balaban J connectivity index is 0.000000167. The number of tetrazole rings is 1. The second kappa shape index (κ2) is 40.7. The Labute approximate surface area is 632 Å². The van der Waals surface area contributed by atoms with Crippen molar-refractivity contribution >= 4 is 129 Å². The molecule has 6 aromatic rings. The predicted octanol–water partition coefficient (Wildman–Crippen LogP) is 14.6. The summed E-state index contributed by atoms with van der Waals surface area (Å²) in [5, 5.41) is 27.2. The van der Waals surface area contributed by atoms with Crippen molar-refractivity contribution in [1.29, 1.82) is 5.26 Å². The zero-order chi connectivity index (χ0) is 71.0. The Hall–Kier alpha value is -4.69. The van der Waals surface area contributed by atoms with Gasteiger partial charge in [-0.2, -0.15) is 10.5 Å². The molecule has 4 aromatic heterocycles. The van der Waals surface area contributed by atoms with E-state index >= 15 is 0 Å². The number of hydrogen-bond donors (Lipinski definition) is 4. The lowest BCUT2D eigenvalue weighted by Gasteiger charge is -2.47. The van der Waals surface area contributed by atoms with E-state index < -0.39 is 0 Å². The third-order valence-electron chi connectivity index (χ3n) is 19.9. The Morgan fingerprint density at radius 3 is 1.28 bits per heavy atom. The average Bonchev–Trinajstić information content (AvgIpc) is 1.73. The van der Waals surface area contributed by atoms with Crippen LogP contribution in [0.2, 0.25) is 25.1 Å². The minimum atomic E-state index is 0.456. The number of hydrogen-bond acceptors (Lipinski definition) is 27. The molecule has 101 heavy (non-hydrogen) atoms.